The van der Waals surface area contributed by atoms with E-state index >= 15 is 0 Å². The lowest BCUT2D eigenvalue weighted by molar-refractivity contribution is 0.490. The molecular formula is C12H15N5. The first-order valence-electron chi connectivity index (χ1n) is 6.18. The second-order valence-electron chi connectivity index (χ2n) is 5.12. The molecular weight excluding hydrogens is 214 g/mol. The highest BCUT2D eigenvalue weighted by molar-refractivity contribution is 5.72. The third kappa shape index (κ3) is 1.35. The number of H-pyrrole nitrogens is 1. The van der Waals surface area contributed by atoms with Gasteiger partial charge in [-0.25, -0.2) is 9.97 Å². The number of rotatable bonds is 1. The minimum Gasteiger partial charge on any atom is -0.384 e. The SMILES string of the molecule is Nc1ccc2[nH]c(C3CC4CCC3N4)nc2n1. The van der Waals surface area contributed by atoms with Gasteiger partial charge in [0, 0.05) is 18.0 Å². The Balaban J connectivity index is 1.76. The predicted octanol–water partition coefficient (Wildman–Crippen LogP) is 1.15. The van der Waals surface area contributed by atoms with Crippen LogP contribution in [0, 0.1) is 0 Å². The van der Waals surface area contributed by atoms with E-state index in [-0.39, 0.29) is 0 Å². The Morgan fingerprint density at radius 2 is 2.18 bits per heavy atom. The third-order valence-corrected chi connectivity index (χ3v) is 4.04. The summed E-state index contributed by atoms with van der Waals surface area (Å²) in [5.74, 6) is 2.11. The van der Waals surface area contributed by atoms with Crippen LogP contribution in [0.25, 0.3) is 11.2 Å². The molecule has 2 aromatic rings. The number of hydrogen-bond acceptors (Lipinski definition) is 4. The van der Waals surface area contributed by atoms with Crippen LogP contribution < -0.4 is 11.1 Å². The third-order valence-electron chi connectivity index (χ3n) is 4.04. The average molecular weight is 229 g/mol. The fraction of sp³-hybridized carbons (Fsp3) is 0.500. The van der Waals surface area contributed by atoms with Crippen molar-refractivity contribution in [3.8, 4) is 0 Å². The molecule has 2 aliphatic rings. The predicted molar refractivity (Wildman–Crippen MR) is 65.6 cm³/mol. The number of imidazole rings is 1. The van der Waals surface area contributed by atoms with E-state index in [9.17, 15) is 0 Å². The summed E-state index contributed by atoms with van der Waals surface area (Å²) in [4.78, 5) is 12.2. The van der Waals surface area contributed by atoms with Crippen LogP contribution in [0.15, 0.2) is 12.1 Å². The van der Waals surface area contributed by atoms with Gasteiger partial charge in [-0.05, 0) is 31.4 Å². The van der Waals surface area contributed by atoms with Crippen LogP contribution in [-0.2, 0) is 0 Å². The number of pyridine rings is 1. The molecule has 88 valence electrons. The fourth-order valence-electron chi connectivity index (χ4n) is 3.23. The number of nitrogens with zero attached hydrogens (tertiary/aromatic N) is 2. The molecule has 5 heteroatoms. The summed E-state index contributed by atoms with van der Waals surface area (Å²) < 4.78 is 0. The number of nitrogens with two attached hydrogens (primary N) is 1. The minimum atomic E-state index is 0.518. The Morgan fingerprint density at radius 1 is 1.24 bits per heavy atom. The van der Waals surface area contributed by atoms with Crippen molar-refractivity contribution in [2.45, 2.75) is 37.3 Å². The first-order chi connectivity index (χ1) is 8.29. The molecule has 0 amide bonds. The summed E-state index contributed by atoms with van der Waals surface area (Å²) in [6.07, 6.45) is 3.77. The maximum Gasteiger partial charge on any atom is 0.179 e. The average Bonchev–Trinajstić information content (AvgIpc) is 3.01. The molecule has 2 fully saturated rings. The molecule has 0 aliphatic carbocycles. The van der Waals surface area contributed by atoms with Gasteiger partial charge in [0.2, 0.25) is 0 Å². The van der Waals surface area contributed by atoms with Crippen LogP contribution in [0.5, 0.6) is 0 Å². The van der Waals surface area contributed by atoms with Crippen molar-refractivity contribution in [3.05, 3.63) is 18.0 Å². The van der Waals surface area contributed by atoms with Gasteiger partial charge in [-0.15, -0.1) is 0 Å². The Morgan fingerprint density at radius 3 is 2.94 bits per heavy atom. The minimum absolute atomic E-state index is 0.518. The lowest BCUT2D eigenvalue weighted by Gasteiger charge is -2.17. The molecule has 0 saturated carbocycles. The summed E-state index contributed by atoms with van der Waals surface area (Å²) in [7, 11) is 0. The van der Waals surface area contributed by atoms with E-state index in [0.717, 1.165) is 17.0 Å². The lowest BCUT2D eigenvalue weighted by Crippen LogP contribution is -2.22. The summed E-state index contributed by atoms with van der Waals surface area (Å²) in [6.45, 7) is 0. The second kappa shape index (κ2) is 3.20. The highest BCUT2D eigenvalue weighted by Gasteiger charge is 2.41. The number of fused-ring (bicyclic) bond motifs is 3. The van der Waals surface area contributed by atoms with Gasteiger partial charge in [0.05, 0.1) is 5.52 Å². The highest BCUT2D eigenvalue weighted by atomic mass is 15.1. The van der Waals surface area contributed by atoms with E-state index in [4.69, 9.17) is 5.73 Å². The number of hydrogen-bond donors (Lipinski definition) is 3. The fourth-order valence-corrected chi connectivity index (χ4v) is 3.23. The quantitative estimate of drug-likeness (QED) is 0.685. The lowest BCUT2D eigenvalue weighted by atomic mass is 9.89. The maximum atomic E-state index is 5.67. The summed E-state index contributed by atoms with van der Waals surface area (Å²) in [5.41, 5.74) is 7.39. The molecule has 4 rings (SSSR count). The molecule has 4 heterocycles. The monoisotopic (exact) mass is 229 g/mol. The van der Waals surface area contributed by atoms with Crippen molar-refractivity contribution < 1.29 is 0 Å². The molecule has 0 radical (unpaired) electrons. The summed E-state index contributed by atoms with van der Waals surface area (Å²) in [5, 5.41) is 3.63. The van der Waals surface area contributed by atoms with E-state index in [1.165, 1.54) is 19.3 Å². The second-order valence-corrected chi connectivity index (χ2v) is 5.12. The first kappa shape index (κ1) is 9.41. The van der Waals surface area contributed by atoms with Crippen molar-refractivity contribution in [1.29, 1.82) is 0 Å². The van der Waals surface area contributed by atoms with Crippen LogP contribution in [0.3, 0.4) is 0 Å². The van der Waals surface area contributed by atoms with Gasteiger partial charge in [-0.1, -0.05) is 0 Å². The van der Waals surface area contributed by atoms with E-state index < -0.39 is 0 Å². The van der Waals surface area contributed by atoms with E-state index in [1.807, 2.05) is 12.1 Å². The Labute approximate surface area is 98.8 Å². The molecule has 3 unspecified atom stereocenters. The van der Waals surface area contributed by atoms with Gasteiger partial charge in [0.25, 0.3) is 0 Å². The number of aromatic amines is 1. The van der Waals surface area contributed by atoms with Crippen LogP contribution in [0.1, 0.15) is 31.0 Å². The zero-order valence-corrected chi connectivity index (χ0v) is 9.48. The first-order valence-corrected chi connectivity index (χ1v) is 6.18. The molecule has 5 nitrogen and oxygen atoms in total. The normalized spacial score (nSPS) is 31.4. The van der Waals surface area contributed by atoms with Crippen LogP contribution >= 0.6 is 0 Å². The van der Waals surface area contributed by atoms with Gasteiger partial charge < -0.3 is 16.0 Å². The van der Waals surface area contributed by atoms with E-state index in [1.54, 1.807) is 0 Å². The molecule has 4 N–H and O–H groups in total. The zero-order valence-electron chi connectivity index (χ0n) is 9.48. The van der Waals surface area contributed by atoms with Crippen LogP contribution in [0.4, 0.5) is 5.82 Å². The van der Waals surface area contributed by atoms with Crippen LogP contribution in [0.2, 0.25) is 0 Å². The van der Waals surface area contributed by atoms with E-state index in [2.05, 4.69) is 20.3 Å². The maximum absolute atomic E-state index is 5.67. The largest absolute Gasteiger partial charge is 0.384 e. The topological polar surface area (TPSA) is 79.6 Å². The van der Waals surface area contributed by atoms with E-state index in [0.29, 0.717) is 23.8 Å². The smallest absolute Gasteiger partial charge is 0.179 e. The number of anilines is 1. The van der Waals surface area contributed by atoms with Gasteiger partial charge in [-0.3, -0.25) is 0 Å². The van der Waals surface area contributed by atoms with Crippen molar-refractivity contribution in [3.63, 3.8) is 0 Å². The van der Waals surface area contributed by atoms with Crippen molar-refractivity contribution >= 4 is 17.0 Å². The van der Waals surface area contributed by atoms with Gasteiger partial charge in [0.1, 0.15) is 11.6 Å². The summed E-state index contributed by atoms with van der Waals surface area (Å²) >= 11 is 0. The standard InChI is InChI=1S/C12H15N5/c13-10-4-3-9-12(16-10)17-11(15-9)7-5-6-1-2-8(7)14-6/h3-4,6-8,14H,1-2,5H2,(H3,13,15,16,17). The molecule has 2 bridgehead atoms. The summed E-state index contributed by atoms with van der Waals surface area (Å²) in [6, 6.07) is 5.05. The zero-order chi connectivity index (χ0) is 11.4. The number of nitrogens with one attached hydrogen (secondary N) is 2. The van der Waals surface area contributed by atoms with Crippen LogP contribution in [-0.4, -0.2) is 27.0 Å². The molecule has 2 aliphatic heterocycles. The van der Waals surface area contributed by atoms with Gasteiger partial charge >= 0.3 is 0 Å². The van der Waals surface area contributed by atoms with Crippen molar-refractivity contribution in [2.24, 2.45) is 0 Å². The molecule has 2 aromatic heterocycles. The number of nitrogen functional groups attached to an aromatic ring is 1. The van der Waals surface area contributed by atoms with Crippen molar-refractivity contribution in [1.82, 2.24) is 20.3 Å². The molecule has 17 heavy (non-hydrogen) atoms. The Kier molecular flexibility index (Phi) is 1.77. The molecule has 2 saturated heterocycles. The molecule has 3 atom stereocenters. The van der Waals surface area contributed by atoms with Gasteiger partial charge in [0.15, 0.2) is 5.65 Å². The highest BCUT2D eigenvalue weighted by Crippen LogP contribution is 2.39. The Bertz CT molecular complexity index is 575. The Hall–Kier alpha value is -1.62. The van der Waals surface area contributed by atoms with Crippen molar-refractivity contribution in [2.75, 3.05) is 5.73 Å². The molecule has 0 aromatic carbocycles. The van der Waals surface area contributed by atoms with Gasteiger partial charge in [-0.2, -0.15) is 0 Å². The number of aromatic nitrogens is 3. The molecule has 0 spiro atoms.